The number of nitrogens with zero attached hydrogens (tertiary/aromatic N) is 4. The summed E-state index contributed by atoms with van der Waals surface area (Å²) in [6, 6.07) is 10.2. The van der Waals surface area contributed by atoms with Crippen molar-refractivity contribution in [2.75, 3.05) is 23.7 Å². The first-order valence-corrected chi connectivity index (χ1v) is 10.2. The number of rotatable bonds is 6. The lowest BCUT2D eigenvalue weighted by atomic mass is 10.1. The van der Waals surface area contributed by atoms with Gasteiger partial charge in [0.15, 0.2) is 5.16 Å². The lowest BCUT2D eigenvalue weighted by Crippen LogP contribution is -2.29. The topological polar surface area (TPSA) is 70.5 Å². The number of carbonyl (C=O) groups excluding carboxylic acids is 1. The Hall–Kier alpha value is -2.41. The molecule has 1 amide bonds. The van der Waals surface area contributed by atoms with Crippen LogP contribution in [0.2, 0.25) is 0 Å². The molecule has 1 aliphatic heterocycles. The Morgan fingerprint density at radius 2 is 1.81 bits per heavy atom. The van der Waals surface area contributed by atoms with Gasteiger partial charge in [0.2, 0.25) is 0 Å². The normalized spacial score (nSPS) is 14.5. The van der Waals surface area contributed by atoms with E-state index >= 15 is 0 Å². The Balaban J connectivity index is 1.46. The molecule has 3 rings (SSSR count). The molecule has 2 aromatic rings. The summed E-state index contributed by atoms with van der Waals surface area (Å²) in [4.78, 5) is 23.0. The maximum Gasteiger partial charge on any atom is 0.250 e. The van der Waals surface area contributed by atoms with Crippen molar-refractivity contribution in [3.63, 3.8) is 0 Å². The van der Waals surface area contributed by atoms with E-state index in [1.54, 1.807) is 6.21 Å². The Labute approximate surface area is 164 Å². The number of hydrogen-bond acceptors (Lipinski definition) is 6. The van der Waals surface area contributed by atoms with Gasteiger partial charge in [0, 0.05) is 30.2 Å². The Morgan fingerprint density at radius 1 is 1.15 bits per heavy atom. The summed E-state index contributed by atoms with van der Waals surface area (Å²) >= 11 is 1.31. The molecule has 1 fully saturated rings. The van der Waals surface area contributed by atoms with Crippen LogP contribution in [0, 0.1) is 13.8 Å². The molecule has 0 saturated carbocycles. The van der Waals surface area contributed by atoms with Gasteiger partial charge >= 0.3 is 0 Å². The Bertz CT molecular complexity index is 780. The molecule has 6 nitrogen and oxygen atoms in total. The van der Waals surface area contributed by atoms with Crippen LogP contribution in [0.4, 0.5) is 5.69 Å². The minimum Gasteiger partial charge on any atom is -0.372 e. The van der Waals surface area contributed by atoms with Crippen LogP contribution in [-0.2, 0) is 4.79 Å². The number of hydrazone groups is 1. The van der Waals surface area contributed by atoms with Crippen molar-refractivity contribution in [1.29, 1.82) is 0 Å². The van der Waals surface area contributed by atoms with Gasteiger partial charge in [0.25, 0.3) is 5.91 Å². The highest BCUT2D eigenvalue weighted by Gasteiger charge is 2.10. The van der Waals surface area contributed by atoms with Gasteiger partial charge in [-0.25, -0.2) is 15.4 Å². The van der Waals surface area contributed by atoms with E-state index in [0.717, 1.165) is 30.0 Å². The third-order valence-corrected chi connectivity index (χ3v) is 5.16. The zero-order valence-corrected chi connectivity index (χ0v) is 16.6. The van der Waals surface area contributed by atoms with Crippen molar-refractivity contribution in [2.24, 2.45) is 5.10 Å². The second-order valence-corrected chi connectivity index (χ2v) is 7.60. The molecule has 0 unspecified atom stereocenters. The number of amides is 1. The molecule has 0 radical (unpaired) electrons. The predicted molar refractivity (Wildman–Crippen MR) is 110 cm³/mol. The SMILES string of the molecule is Cc1cc(C)nc(SCC(=O)N/N=C/c2ccc(N3CCCCC3)cc2)n1. The lowest BCUT2D eigenvalue weighted by molar-refractivity contribution is -0.118. The molecule has 0 atom stereocenters. The summed E-state index contributed by atoms with van der Waals surface area (Å²) < 4.78 is 0. The van der Waals surface area contributed by atoms with Crippen molar-refractivity contribution in [3.8, 4) is 0 Å². The molecule has 1 N–H and O–H groups in total. The summed E-state index contributed by atoms with van der Waals surface area (Å²) in [5.74, 6) is 0.0534. The highest BCUT2D eigenvalue weighted by Crippen LogP contribution is 2.19. The van der Waals surface area contributed by atoms with Gasteiger partial charge in [-0.15, -0.1) is 0 Å². The zero-order chi connectivity index (χ0) is 19.1. The van der Waals surface area contributed by atoms with E-state index < -0.39 is 0 Å². The predicted octanol–water partition coefficient (Wildman–Crippen LogP) is 3.33. The molecular formula is C20H25N5OS. The average molecular weight is 384 g/mol. The van der Waals surface area contributed by atoms with Crippen molar-refractivity contribution in [3.05, 3.63) is 47.3 Å². The van der Waals surface area contributed by atoms with Crippen LogP contribution in [0.5, 0.6) is 0 Å². The molecule has 1 saturated heterocycles. The number of aryl methyl sites for hydroxylation is 2. The largest absolute Gasteiger partial charge is 0.372 e. The first-order valence-electron chi connectivity index (χ1n) is 9.22. The quantitative estimate of drug-likeness (QED) is 0.359. The number of aromatic nitrogens is 2. The molecule has 1 aliphatic rings. The first-order chi connectivity index (χ1) is 13.1. The van der Waals surface area contributed by atoms with Crippen LogP contribution in [0.3, 0.4) is 0 Å². The fourth-order valence-electron chi connectivity index (χ4n) is 3.02. The third kappa shape index (κ3) is 6.06. The molecular weight excluding hydrogens is 358 g/mol. The molecule has 2 heterocycles. The second kappa shape index (κ2) is 9.50. The number of thioether (sulfide) groups is 1. The summed E-state index contributed by atoms with van der Waals surface area (Å²) in [6.45, 7) is 6.09. The number of benzene rings is 1. The monoisotopic (exact) mass is 383 g/mol. The van der Waals surface area contributed by atoms with Gasteiger partial charge in [-0.2, -0.15) is 5.10 Å². The van der Waals surface area contributed by atoms with E-state index in [-0.39, 0.29) is 11.7 Å². The number of nitrogens with one attached hydrogen (secondary N) is 1. The maximum absolute atomic E-state index is 11.9. The van der Waals surface area contributed by atoms with Crippen LogP contribution < -0.4 is 10.3 Å². The van der Waals surface area contributed by atoms with Gasteiger partial charge in [-0.3, -0.25) is 4.79 Å². The Kier molecular flexibility index (Phi) is 6.81. The van der Waals surface area contributed by atoms with E-state index in [1.807, 2.05) is 32.0 Å². The molecule has 1 aromatic carbocycles. The molecule has 27 heavy (non-hydrogen) atoms. The van der Waals surface area contributed by atoms with E-state index in [4.69, 9.17) is 0 Å². The van der Waals surface area contributed by atoms with E-state index in [1.165, 1.54) is 36.7 Å². The molecule has 0 aliphatic carbocycles. The number of carbonyl (C=O) groups is 1. The van der Waals surface area contributed by atoms with Crippen LogP contribution in [0.25, 0.3) is 0 Å². The number of hydrogen-bond donors (Lipinski definition) is 1. The van der Waals surface area contributed by atoms with E-state index in [2.05, 4.69) is 37.5 Å². The molecule has 0 spiro atoms. The van der Waals surface area contributed by atoms with E-state index in [9.17, 15) is 4.79 Å². The first kappa shape index (κ1) is 19.4. The molecule has 7 heteroatoms. The maximum atomic E-state index is 11.9. The number of anilines is 1. The van der Waals surface area contributed by atoms with Crippen molar-refractivity contribution in [2.45, 2.75) is 38.3 Å². The standard InChI is InChI=1S/C20H25N5OS/c1-15-12-16(2)23-20(22-15)27-14-19(26)24-21-13-17-6-8-18(9-7-17)25-10-4-3-5-11-25/h6-9,12-13H,3-5,10-11,14H2,1-2H3,(H,24,26)/b21-13+. The Morgan fingerprint density at radius 3 is 2.48 bits per heavy atom. The van der Waals surface area contributed by atoms with Crippen molar-refractivity contribution < 1.29 is 4.79 Å². The van der Waals surface area contributed by atoms with Gasteiger partial charge < -0.3 is 4.90 Å². The summed E-state index contributed by atoms with van der Waals surface area (Å²) in [5, 5.41) is 4.65. The minimum atomic E-state index is -0.177. The van der Waals surface area contributed by atoms with Crippen molar-refractivity contribution in [1.82, 2.24) is 15.4 Å². The van der Waals surface area contributed by atoms with Gasteiger partial charge in [-0.05, 0) is 56.9 Å². The highest BCUT2D eigenvalue weighted by molar-refractivity contribution is 7.99. The number of piperidine rings is 1. The van der Waals surface area contributed by atoms with Crippen LogP contribution >= 0.6 is 11.8 Å². The van der Waals surface area contributed by atoms with Gasteiger partial charge in [0.1, 0.15) is 0 Å². The fourth-order valence-corrected chi connectivity index (χ4v) is 3.76. The van der Waals surface area contributed by atoms with Gasteiger partial charge in [0.05, 0.1) is 12.0 Å². The average Bonchev–Trinajstić information content (AvgIpc) is 2.67. The summed E-state index contributed by atoms with van der Waals surface area (Å²) in [7, 11) is 0. The third-order valence-electron chi connectivity index (χ3n) is 4.31. The molecule has 142 valence electrons. The lowest BCUT2D eigenvalue weighted by Gasteiger charge is -2.28. The molecule has 1 aromatic heterocycles. The van der Waals surface area contributed by atoms with Crippen LogP contribution in [0.15, 0.2) is 40.6 Å². The second-order valence-electron chi connectivity index (χ2n) is 6.65. The van der Waals surface area contributed by atoms with Crippen molar-refractivity contribution >= 4 is 29.6 Å². The van der Waals surface area contributed by atoms with Gasteiger partial charge in [-0.1, -0.05) is 23.9 Å². The minimum absolute atomic E-state index is 0.177. The smallest absolute Gasteiger partial charge is 0.250 e. The van der Waals surface area contributed by atoms with Crippen LogP contribution in [-0.4, -0.2) is 40.9 Å². The van der Waals surface area contributed by atoms with E-state index in [0.29, 0.717) is 5.16 Å². The van der Waals surface area contributed by atoms with Crippen LogP contribution in [0.1, 0.15) is 36.2 Å². The summed E-state index contributed by atoms with van der Waals surface area (Å²) in [6.07, 6.45) is 5.52. The highest BCUT2D eigenvalue weighted by atomic mass is 32.2. The fraction of sp³-hybridized carbons (Fsp3) is 0.400. The molecule has 0 bridgehead atoms. The summed E-state index contributed by atoms with van der Waals surface area (Å²) in [5.41, 5.74) is 6.56. The zero-order valence-electron chi connectivity index (χ0n) is 15.8.